The van der Waals surface area contributed by atoms with Crippen LogP contribution in [0.25, 0.3) is 10.2 Å². The first kappa shape index (κ1) is 19.1. The normalized spacial score (nSPS) is 18.1. The van der Waals surface area contributed by atoms with Crippen molar-refractivity contribution in [1.29, 1.82) is 0 Å². The number of pyridine rings is 1. The van der Waals surface area contributed by atoms with Gasteiger partial charge in [-0.1, -0.05) is 0 Å². The molecule has 28 heavy (non-hydrogen) atoms. The van der Waals surface area contributed by atoms with Gasteiger partial charge in [0, 0.05) is 35.8 Å². The van der Waals surface area contributed by atoms with E-state index in [0.717, 1.165) is 20.6 Å². The molecule has 0 amide bonds. The van der Waals surface area contributed by atoms with E-state index in [9.17, 15) is 9.59 Å². The molecule has 3 aromatic rings. The SMILES string of the molecule is Cn1ccc(=O)n(Cc2cc3nccc(B4OC(C)(C)C(C)(C)O4)c3s2)c1=O. The third-order valence-electron chi connectivity index (χ3n) is 5.55. The van der Waals surface area contributed by atoms with Crippen molar-refractivity contribution in [3.63, 3.8) is 0 Å². The van der Waals surface area contributed by atoms with Gasteiger partial charge < -0.3 is 13.9 Å². The Morgan fingerprint density at radius 2 is 1.82 bits per heavy atom. The molecule has 4 heterocycles. The number of thiophene rings is 1. The van der Waals surface area contributed by atoms with Gasteiger partial charge in [-0.3, -0.25) is 14.3 Å². The van der Waals surface area contributed by atoms with Crippen LogP contribution < -0.4 is 16.7 Å². The highest BCUT2D eigenvalue weighted by atomic mass is 32.1. The number of fused-ring (bicyclic) bond motifs is 1. The molecule has 9 heteroatoms. The van der Waals surface area contributed by atoms with Crippen molar-refractivity contribution in [2.24, 2.45) is 7.05 Å². The maximum absolute atomic E-state index is 12.3. The fourth-order valence-corrected chi connectivity index (χ4v) is 4.28. The number of hydrogen-bond donors (Lipinski definition) is 0. The van der Waals surface area contributed by atoms with Crippen molar-refractivity contribution < 1.29 is 9.31 Å². The van der Waals surface area contributed by atoms with Crippen molar-refractivity contribution in [3.8, 4) is 0 Å². The zero-order valence-electron chi connectivity index (χ0n) is 16.6. The largest absolute Gasteiger partial charge is 0.496 e. The molecule has 1 saturated heterocycles. The van der Waals surface area contributed by atoms with Crippen LogP contribution in [0.5, 0.6) is 0 Å². The van der Waals surface area contributed by atoms with Crippen LogP contribution in [-0.2, 0) is 22.9 Å². The van der Waals surface area contributed by atoms with Crippen LogP contribution in [0, 0.1) is 0 Å². The second kappa shape index (κ2) is 6.40. The van der Waals surface area contributed by atoms with Crippen LogP contribution >= 0.6 is 11.3 Å². The lowest BCUT2D eigenvalue weighted by molar-refractivity contribution is 0.00578. The number of nitrogens with zero attached hydrogens (tertiary/aromatic N) is 3. The van der Waals surface area contributed by atoms with E-state index in [1.807, 2.05) is 39.8 Å². The number of hydrogen-bond acceptors (Lipinski definition) is 6. The predicted molar refractivity (Wildman–Crippen MR) is 110 cm³/mol. The molecule has 4 rings (SSSR count). The Kier molecular flexibility index (Phi) is 4.37. The molecule has 7 nitrogen and oxygen atoms in total. The lowest BCUT2D eigenvalue weighted by atomic mass is 9.79. The van der Waals surface area contributed by atoms with Crippen LogP contribution in [-0.4, -0.2) is 32.4 Å². The van der Waals surface area contributed by atoms with Crippen molar-refractivity contribution in [3.05, 3.63) is 56.3 Å². The fourth-order valence-electron chi connectivity index (χ4n) is 3.16. The van der Waals surface area contributed by atoms with Gasteiger partial charge in [-0.2, -0.15) is 0 Å². The topological polar surface area (TPSA) is 75.3 Å². The fraction of sp³-hybridized carbons (Fsp3) is 0.421. The van der Waals surface area contributed by atoms with E-state index >= 15 is 0 Å². The Balaban J connectivity index is 1.74. The van der Waals surface area contributed by atoms with E-state index in [1.165, 1.54) is 32.7 Å². The lowest BCUT2D eigenvalue weighted by Crippen LogP contribution is -2.41. The Morgan fingerprint density at radius 1 is 1.14 bits per heavy atom. The molecule has 0 atom stereocenters. The van der Waals surface area contributed by atoms with Crippen molar-refractivity contribution in [1.82, 2.24) is 14.1 Å². The summed E-state index contributed by atoms with van der Waals surface area (Å²) in [5.74, 6) is 0. The summed E-state index contributed by atoms with van der Waals surface area (Å²) in [5.41, 5.74) is 0.179. The first-order chi connectivity index (χ1) is 13.1. The van der Waals surface area contributed by atoms with Gasteiger partial charge in [0.25, 0.3) is 5.56 Å². The van der Waals surface area contributed by atoms with Crippen molar-refractivity contribution in [2.75, 3.05) is 0 Å². The van der Waals surface area contributed by atoms with Crippen LogP contribution in [0.3, 0.4) is 0 Å². The molecule has 0 bridgehead atoms. The third-order valence-corrected chi connectivity index (χ3v) is 6.71. The minimum Gasteiger partial charge on any atom is -0.399 e. The van der Waals surface area contributed by atoms with Gasteiger partial charge in [0.15, 0.2) is 0 Å². The molecule has 1 fully saturated rings. The molecular weight excluding hydrogens is 377 g/mol. The Labute approximate surface area is 166 Å². The summed E-state index contributed by atoms with van der Waals surface area (Å²) in [4.78, 5) is 29.7. The second-order valence-electron chi connectivity index (χ2n) is 8.05. The zero-order chi connectivity index (χ0) is 20.3. The van der Waals surface area contributed by atoms with Crippen LogP contribution in [0.15, 0.2) is 40.2 Å². The highest BCUT2D eigenvalue weighted by Crippen LogP contribution is 2.37. The van der Waals surface area contributed by atoms with E-state index in [2.05, 4.69) is 4.98 Å². The second-order valence-corrected chi connectivity index (χ2v) is 9.19. The molecule has 0 N–H and O–H groups in total. The summed E-state index contributed by atoms with van der Waals surface area (Å²) in [6.07, 6.45) is 3.21. The van der Waals surface area contributed by atoms with Gasteiger partial charge in [-0.25, -0.2) is 4.79 Å². The quantitative estimate of drug-likeness (QED) is 0.624. The molecule has 146 valence electrons. The standard InChI is InChI=1S/C19H22BN3O4S/c1-18(2)19(3,4)27-20(26-18)13-6-8-21-14-10-12(28-16(13)14)11-23-15(24)7-9-22(5)17(23)25/h6-10H,11H2,1-5H3. The van der Waals surface area contributed by atoms with Gasteiger partial charge >= 0.3 is 12.8 Å². The van der Waals surface area contributed by atoms with E-state index in [0.29, 0.717) is 0 Å². The zero-order valence-corrected chi connectivity index (χ0v) is 17.4. The molecule has 0 saturated carbocycles. The van der Waals surface area contributed by atoms with Crippen LogP contribution in [0.4, 0.5) is 0 Å². The molecule has 0 aliphatic carbocycles. The summed E-state index contributed by atoms with van der Waals surface area (Å²) >= 11 is 1.50. The monoisotopic (exact) mass is 399 g/mol. The molecule has 0 radical (unpaired) electrons. The Bertz CT molecular complexity index is 1160. The van der Waals surface area contributed by atoms with Crippen LogP contribution in [0.2, 0.25) is 0 Å². The molecule has 0 aromatic carbocycles. The minimum absolute atomic E-state index is 0.205. The van der Waals surface area contributed by atoms with Gasteiger partial charge in [0.2, 0.25) is 0 Å². The first-order valence-corrected chi connectivity index (χ1v) is 9.90. The summed E-state index contributed by atoms with van der Waals surface area (Å²) in [6.45, 7) is 8.27. The average Bonchev–Trinajstić information content (AvgIpc) is 3.12. The maximum Gasteiger partial charge on any atom is 0.496 e. The molecule has 1 aliphatic heterocycles. The smallest absolute Gasteiger partial charge is 0.399 e. The average molecular weight is 399 g/mol. The highest BCUT2D eigenvalue weighted by Gasteiger charge is 2.52. The molecule has 3 aromatic heterocycles. The van der Waals surface area contributed by atoms with Crippen molar-refractivity contribution in [2.45, 2.75) is 45.4 Å². The highest BCUT2D eigenvalue weighted by molar-refractivity contribution is 7.20. The molecular formula is C19H22BN3O4S. The summed E-state index contributed by atoms with van der Waals surface area (Å²) < 4.78 is 15.9. The van der Waals surface area contributed by atoms with Gasteiger partial charge in [-0.15, -0.1) is 11.3 Å². The molecule has 0 unspecified atom stereocenters. The van der Waals surface area contributed by atoms with E-state index < -0.39 is 18.3 Å². The lowest BCUT2D eigenvalue weighted by Gasteiger charge is -2.32. The van der Waals surface area contributed by atoms with Gasteiger partial charge in [-0.05, 0) is 39.8 Å². The van der Waals surface area contributed by atoms with Gasteiger partial charge in [0.1, 0.15) is 0 Å². The number of aryl methyl sites for hydroxylation is 1. The molecule has 1 aliphatic rings. The molecule has 0 spiro atoms. The minimum atomic E-state index is -0.491. The summed E-state index contributed by atoms with van der Waals surface area (Å²) in [7, 11) is 1.13. The number of rotatable bonds is 3. The van der Waals surface area contributed by atoms with Crippen molar-refractivity contribution >= 4 is 34.1 Å². The summed E-state index contributed by atoms with van der Waals surface area (Å²) in [5, 5.41) is 0. The first-order valence-electron chi connectivity index (χ1n) is 9.08. The van der Waals surface area contributed by atoms with E-state index in [1.54, 1.807) is 13.2 Å². The number of aromatic nitrogens is 3. The maximum atomic E-state index is 12.3. The summed E-state index contributed by atoms with van der Waals surface area (Å²) in [6, 6.07) is 5.20. The third kappa shape index (κ3) is 3.03. The van der Waals surface area contributed by atoms with E-state index in [4.69, 9.17) is 9.31 Å². The Hall–Kier alpha value is -2.23. The van der Waals surface area contributed by atoms with Crippen LogP contribution in [0.1, 0.15) is 32.6 Å². The van der Waals surface area contributed by atoms with E-state index in [-0.39, 0.29) is 17.8 Å². The Morgan fingerprint density at radius 3 is 2.50 bits per heavy atom. The van der Waals surface area contributed by atoms with Gasteiger partial charge in [0.05, 0.1) is 28.0 Å². The predicted octanol–water partition coefficient (Wildman–Crippen LogP) is 1.50.